The Balaban J connectivity index is 1.46. The molecule has 3 aromatic rings. The lowest BCUT2D eigenvalue weighted by Gasteiger charge is -2.08. The molecule has 7 nitrogen and oxygen atoms in total. The van der Waals surface area contributed by atoms with E-state index in [0.717, 1.165) is 44.2 Å². The molecule has 0 aliphatic heterocycles. The van der Waals surface area contributed by atoms with Crippen LogP contribution in [0.15, 0.2) is 26.4 Å². The molecule has 3 heterocycles. The second-order valence-electron chi connectivity index (χ2n) is 7.28. The van der Waals surface area contributed by atoms with Gasteiger partial charge in [0.05, 0.1) is 11.3 Å². The van der Waals surface area contributed by atoms with Crippen molar-refractivity contribution in [3.05, 3.63) is 32.8 Å². The fourth-order valence-electron chi connectivity index (χ4n) is 3.68. The van der Waals surface area contributed by atoms with Gasteiger partial charge in [-0.25, -0.2) is 0 Å². The summed E-state index contributed by atoms with van der Waals surface area (Å²) in [5.41, 5.74) is 1.77. The minimum Gasteiger partial charge on any atom is -0.446 e. The van der Waals surface area contributed by atoms with Gasteiger partial charge in [-0.3, -0.25) is 9.36 Å². The second-order valence-corrected chi connectivity index (χ2v) is 10.1. The van der Waals surface area contributed by atoms with E-state index in [4.69, 9.17) is 4.42 Å². The van der Waals surface area contributed by atoms with Crippen LogP contribution in [0.1, 0.15) is 48.6 Å². The van der Waals surface area contributed by atoms with Gasteiger partial charge in [0.15, 0.2) is 15.6 Å². The first kappa shape index (κ1) is 22.1. The van der Waals surface area contributed by atoms with Gasteiger partial charge in [0.2, 0.25) is 11.7 Å². The number of nitriles is 1. The molecule has 0 aromatic carbocycles. The van der Waals surface area contributed by atoms with Gasteiger partial charge in [0, 0.05) is 11.4 Å². The Morgan fingerprint density at radius 1 is 1.35 bits per heavy atom. The number of nitrogens with zero attached hydrogens (tertiary/aromatic N) is 4. The Morgan fingerprint density at radius 3 is 2.94 bits per heavy atom. The van der Waals surface area contributed by atoms with Crippen LogP contribution in [-0.4, -0.2) is 26.4 Å². The van der Waals surface area contributed by atoms with E-state index in [0.29, 0.717) is 32.0 Å². The summed E-state index contributed by atoms with van der Waals surface area (Å²) in [6, 6.07) is 5.96. The number of amides is 1. The van der Waals surface area contributed by atoms with Crippen LogP contribution in [0.4, 0.5) is 5.00 Å². The van der Waals surface area contributed by atoms with Crippen LogP contribution in [-0.2, 0) is 24.2 Å². The molecule has 0 fully saturated rings. The maximum Gasteiger partial charge on any atom is 0.235 e. The molecule has 0 atom stereocenters. The van der Waals surface area contributed by atoms with E-state index < -0.39 is 0 Å². The first-order valence-electron chi connectivity index (χ1n) is 10.3. The Labute approximate surface area is 197 Å². The molecule has 0 bridgehead atoms. The van der Waals surface area contributed by atoms with Gasteiger partial charge in [0.25, 0.3) is 0 Å². The minimum atomic E-state index is -0.147. The zero-order chi connectivity index (χ0) is 21.8. The molecule has 0 unspecified atom stereocenters. The van der Waals surface area contributed by atoms with Crippen molar-refractivity contribution in [2.75, 3.05) is 11.1 Å². The molecule has 10 heteroatoms. The van der Waals surface area contributed by atoms with Gasteiger partial charge >= 0.3 is 0 Å². The highest BCUT2D eigenvalue weighted by Gasteiger charge is 2.22. The van der Waals surface area contributed by atoms with Crippen molar-refractivity contribution in [3.8, 4) is 17.7 Å². The molecule has 1 aliphatic carbocycles. The maximum absolute atomic E-state index is 12.7. The number of aromatic nitrogens is 3. The highest BCUT2D eigenvalue weighted by molar-refractivity contribution is 9.10. The standard InChI is InChI=1S/C21H22BrN5O2S2/c1-2-10-27-19(15-8-9-17(22)29-15)25-26-21(27)30-12-18(28)24-20-14(11-23)13-6-4-3-5-7-16(13)31-20/h8-9H,2-7,10,12H2,1H3,(H,24,28). The van der Waals surface area contributed by atoms with E-state index in [1.54, 1.807) is 11.3 Å². The molecule has 31 heavy (non-hydrogen) atoms. The van der Waals surface area contributed by atoms with Gasteiger partial charge in [-0.2, -0.15) is 5.26 Å². The molecule has 0 radical (unpaired) electrons. The van der Waals surface area contributed by atoms with E-state index in [1.807, 2.05) is 16.7 Å². The number of hydrogen-bond acceptors (Lipinski definition) is 7. The van der Waals surface area contributed by atoms with E-state index in [-0.39, 0.29) is 11.7 Å². The Kier molecular flexibility index (Phi) is 7.15. The molecule has 0 saturated heterocycles. The van der Waals surface area contributed by atoms with E-state index >= 15 is 0 Å². The lowest BCUT2D eigenvalue weighted by atomic mass is 10.1. The third kappa shape index (κ3) is 4.89. The molecular weight excluding hydrogens is 498 g/mol. The number of carbonyl (C=O) groups excluding carboxylic acids is 1. The van der Waals surface area contributed by atoms with E-state index in [2.05, 4.69) is 44.4 Å². The summed E-state index contributed by atoms with van der Waals surface area (Å²) in [5.74, 6) is 1.32. The van der Waals surface area contributed by atoms with Crippen LogP contribution < -0.4 is 5.32 Å². The smallest absolute Gasteiger partial charge is 0.235 e. The predicted molar refractivity (Wildman–Crippen MR) is 125 cm³/mol. The van der Waals surface area contributed by atoms with Crippen molar-refractivity contribution in [2.24, 2.45) is 0 Å². The molecule has 1 aliphatic rings. The SMILES string of the molecule is CCCn1c(SCC(=O)Nc2sc3c(c2C#N)CCCCC3)nnc1-c1ccc(Br)o1. The minimum absolute atomic E-state index is 0.147. The number of furan rings is 1. The molecule has 1 amide bonds. The summed E-state index contributed by atoms with van der Waals surface area (Å²) >= 11 is 6.20. The summed E-state index contributed by atoms with van der Waals surface area (Å²) in [6.07, 6.45) is 6.25. The van der Waals surface area contributed by atoms with Crippen LogP contribution in [0, 0.1) is 11.3 Å². The number of carbonyl (C=O) groups is 1. The van der Waals surface area contributed by atoms with Crippen molar-refractivity contribution < 1.29 is 9.21 Å². The van der Waals surface area contributed by atoms with Crippen LogP contribution in [0.25, 0.3) is 11.6 Å². The van der Waals surface area contributed by atoms with Gasteiger partial charge in [-0.1, -0.05) is 25.1 Å². The topological polar surface area (TPSA) is 96.7 Å². The number of rotatable bonds is 7. The van der Waals surface area contributed by atoms with Gasteiger partial charge in [-0.15, -0.1) is 21.5 Å². The van der Waals surface area contributed by atoms with Gasteiger partial charge in [0.1, 0.15) is 11.1 Å². The van der Waals surface area contributed by atoms with Gasteiger partial charge in [-0.05, 0) is 65.7 Å². The zero-order valence-corrected chi connectivity index (χ0v) is 20.3. The number of anilines is 1. The normalized spacial score (nSPS) is 13.5. The highest BCUT2D eigenvalue weighted by atomic mass is 79.9. The van der Waals surface area contributed by atoms with E-state index in [9.17, 15) is 10.1 Å². The number of hydrogen-bond donors (Lipinski definition) is 1. The Bertz CT molecular complexity index is 1130. The maximum atomic E-state index is 12.7. The third-order valence-corrected chi connectivity index (χ3v) is 7.68. The fourth-order valence-corrected chi connectivity index (χ4v) is 6.01. The number of thiophene rings is 1. The van der Waals surface area contributed by atoms with Crippen LogP contribution >= 0.6 is 39.0 Å². The number of nitrogens with one attached hydrogen (secondary N) is 1. The summed E-state index contributed by atoms with van der Waals surface area (Å²) in [6.45, 7) is 2.80. The fraction of sp³-hybridized carbons (Fsp3) is 0.429. The second kappa shape index (κ2) is 10.0. The van der Waals surface area contributed by atoms with Crippen LogP contribution in [0.5, 0.6) is 0 Å². The number of halogens is 1. The Morgan fingerprint density at radius 2 is 2.19 bits per heavy atom. The third-order valence-electron chi connectivity index (χ3n) is 5.08. The first-order valence-corrected chi connectivity index (χ1v) is 12.9. The molecule has 3 aromatic heterocycles. The average molecular weight is 520 g/mol. The quantitative estimate of drug-likeness (QED) is 0.320. The Hall–Kier alpha value is -2.09. The molecule has 1 N–H and O–H groups in total. The van der Waals surface area contributed by atoms with E-state index in [1.165, 1.54) is 23.1 Å². The average Bonchev–Trinajstić information content (AvgIpc) is 3.39. The first-order chi connectivity index (χ1) is 15.1. The molecule has 0 saturated carbocycles. The zero-order valence-electron chi connectivity index (χ0n) is 17.1. The largest absolute Gasteiger partial charge is 0.446 e. The monoisotopic (exact) mass is 519 g/mol. The number of thioether (sulfide) groups is 1. The molecule has 0 spiro atoms. The summed E-state index contributed by atoms with van der Waals surface area (Å²) in [4.78, 5) is 13.9. The lowest BCUT2D eigenvalue weighted by molar-refractivity contribution is -0.113. The number of fused-ring (bicyclic) bond motifs is 1. The lowest BCUT2D eigenvalue weighted by Crippen LogP contribution is -2.14. The molecule has 4 rings (SSSR count). The van der Waals surface area contributed by atoms with Gasteiger partial charge < -0.3 is 9.73 Å². The summed E-state index contributed by atoms with van der Waals surface area (Å²) < 4.78 is 8.22. The van der Waals surface area contributed by atoms with Crippen molar-refractivity contribution in [1.29, 1.82) is 5.26 Å². The predicted octanol–water partition coefficient (Wildman–Crippen LogP) is 5.64. The summed E-state index contributed by atoms with van der Waals surface area (Å²) in [5, 5.41) is 22.5. The molecule has 162 valence electrons. The van der Waals surface area contributed by atoms with Crippen molar-refractivity contribution in [3.63, 3.8) is 0 Å². The molecular formula is C21H22BrN5O2S2. The van der Waals surface area contributed by atoms with Crippen molar-refractivity contribution in [1.82, 2.24) is 14.8 Å². The van der Waals surface area contributed by atoms with Crippen LogP contribution in [0.3, 0.4) is 0 Å². The summed E-state index contributed by atoms with van der Waals surface area (Å²) in [7, 11) is 0. The highest BCUT2D eigenvalue weighted by Crippen LogP contribution is 2.37. The van der Waals surface area contributed by atoms with Crippen LogP contribution in [0.2, 0.25) is 0 Å². The van der Waals surface area contributed by atoms with Crippen molar-refractivity contribution in [2.45, 2.75) is 57.1 Å². The van der Waals surface area contributed by atoms with Crippen molar-refractivity contribution >= 4 is 49.9 Å². The number of aryl methyl sites for hydroxylation is 1.